The Labute approximate surface area is 118 Å². The van der Waals surface area contributed by atoms with E-state index in [9.17, 15) is 0 Å². The largest absolute Gasteiger partial charge is 0.335 e. The van der Waals surface area contributed by atoms with E-state index in [2.05, 4.69) is 11.4 Å². The normalized spacial score (nSPS) is 20.9. The minimum atomic E-state index is 0.193. The fourth-order valence-electron chi connectivity index (χ4n) is 2.80. The van der Waals surface area contributed by atoms with Crippen LogP contribution in [0.15, 0.2) is 29.3 Å². The average Bonchev–Trinajstić information content (AvgIpc) is 2.82. The molecule has 0 bridgehead atoms. The van der Waals surface area contributed by atoms with Crippen molar-refractivity contribution in [1.82, 2.24) is 0 Å². The van der Waals surface area contributed by atoms with Crippen molar-refractivity contribution in [2.24, 2.45) is 4.99 Å². The van der Waals surface area contributed by atoms with E-state index in [-0.39, 0.29) is 5.54 Å². The third-order valence-corrected chi connectivity index (χ3v) is 4.99. The summed E-state index contributed by atoms with van der Waals surface area (Å²) in [6.45, 7) is 0. The summed E-state index contributed by atoms with van der Waals surface area (Å²) in [5, 5.41) is 13.3. The van der Waals surface area contributed by atoms with Gasteiger partial charge in [-0.3, -0.25) is 4.99 Å². The van der Waals surface area contributed by atoms with E-state index in [0.717, 1.165) is 16.6 Å². The molecule has 0 amide bonds. The molecule has 0 saturated heterocycles. The highest BCUT2D eigenvalue weighted by molar-refractivity contribution is 8.14. The molecule has 19 heavy (non-hydrogen) atoms. The molecule has 0 radical (unpaired) electrons. The van der Waals surface area contributed by atoms with Crippen LogP contribution in [0.4, 0.5) is 5.69 Å². The number of hydrogen-bond donors (Lipinski definition) is 1. The number of thioether (sulfide) groups is 1. The second kappa shape index (κ2) is 5.26. The Hall–Kier alpha value is -1.47. The van der Waals surface area contributed by atoms with Gasteiger partial charge in [0.2, 0.25) is 0 Å². The van der Waals surface area contributed by atoms with Crippen molar-refractivity contribution >= 4 is 22.6 Å². The average molecular weight is 271 g/mol. The fourth-order valence-corrected chi connectivity index (χ4v) is 4.01. The summed E-state index contributed by atoms with van der Waals surface area (Å²) >= 11 is 1.81. The lowest BCUT2D eigenvalue weighted by Gasteiger charge is -2.29. The van der Waals surface area contributed by atoms with E-state index >= 15 is 0 Å². The molecular formula is C15H17N3S. The van der Waals surface area contributed by atoms with Gasteiger partial charge >= 0.3 is 0 Å². The van der Waals surface area contributed by atoms with Gasteiger partial charge in [-0.2, -0.15) is 5.26 Å². The first-order valence-corrected chi connectivity index (χ1v) is 7.78. The number of rotatable bonds is 1. The lowest BCUT2D eigenvalue weighted by molar-refractivity contribution is 0.335. The number of nitrogens with zero attached hydrogens (tertiary/aromatic N) is 2. The minimum absolute atomic E-state index is 0.193. The third-order valence-electron chi connectivity index (χ3n) is 3.84. The Bertz CT molecular complexity index is 539. The van der Waals surface area contributed by atoms with Gasteiger partial charge in [-0.05, 0) is 31.0 Å². The van der Waals surface area contributed by atoms with Crippen molar-refractivity contribution in [3.8, 4) is 6.07 Å². The van der Waals surface area contributed by atoms with Crippen LogP contribution in [-0.4, -0.2) is 16.5 Å². The third kappa shape index (κ3) is 2.76. The highest BCUT2D eigenvalue weighted by atomic mass is 32.2. The van der Waals surface area contributed by atoms with Crippen molar-refractivity contribution in [2.45, 2.75) is 37.6 Å². The molecule has 0 atom stereocenters. The number of benzene rings is 1. The molecule has 3 rings (SSSR count). The molecule has 4 heteroatoms. The zero-order valence-electron chi connectivity index (χ0n) is 10.9. The molecule has 1 heterocycles. The molecule has 1 saturated carbocycles. The zero-order valence-corrected chi connectivity index (χ0v) is 11.7. The molecule has 1 aliphatic carbocycles. The molecule has 0 unspecified atom stereocenters. The van der Waals surface area contributed by atoms with Crippen LogP contribution in [0.2, 0.25) is 0 Å². The van der Waals surface area contributed by atoms with Crippen molar-refractivity contribution in [1.29, 1.82) is 5.26 Å². The Morgan fingerprint density at radius 2 is 2.11 bits per heavy atom. The number of aliphatic imine (C=N–C) groups is 1. The van der Waals surface area contributed by atoms with Gasteiger partial charge in [0, 0.05) is 11.4 Å². The SMILES string of the molecule is N#Cc1cccc(NC2=NC3(CCCCC3)CS2)c1. The molecule has 2 aliphatic rings. The predicted octanol–water partition coefficient (Wildman–Crippen LogP) is 3.78. The van der Waals surface area contributed by atoms with Gasteiger partial charge in [0.15, 0.2) is 5.17 Å². The van der Waals surface area contributed by atoms with Crippen LogP contribution in [0.3, 0.4) is 0 Å². The van der Waals surface area contributed by atoms with E-state index < -0.39 is 0 Å². The number of hydrogen-bond acceptors (Lipinski definition) is 4. The maximum atomic E-state index is 8.91. The van der Waals surface area contributed by atoms with Crippen LogP contribution in [0.1, 0.15) is 37.7 Å². The van der Waals surface area contributed by atoms with Crippen molar-refractivity contribution in [3.63, 3.8) is 0 Å². The monoisotopic (exact) mass is 271 g/mol. The van der Waals surface area contributed by atoms with Gasteiger partial charge in [-0.1, -0.05) is 37.1 Å². The standard InChI is InChI=1S/C15H17N3S/c16-10-12-5-4-6-13(9-12)17-14-18-15(11-19-14)7-2-1-3-8-15/h4-6,9H,1-3,7-8,11H2,(H,17,18). The number of nitriles is 1. The van der Waals surface area contributed by atoms with E-state index in [1.54, 1.807) is 0 Å². The van der Waals surface area contributed by atoms with Gasteiger partial charge in [0.1, 0.15) is 0 Å². The van der Waals surface area contributed by atoms with Crippen LogP contribution >= 0.6 is 11.8 Å². The molecule has 1 aromatic carbocycles. The summed E-state index contributed by atoms with van der Waals surface area (Å²) in [7, 11) is 0. The molecule has 1 N–H and O–H groups in total. The molecule has 1 aliphatic heterocycles. The zero-order chi connectivity index (χ0) is 13.1. The van der Waals surface area contributed by atoms with Crippen molar-refractivity contribution in [2.75, 3.05) is 11.1 Å². The van der Waals surface area contributed by atoms with Crippen LogP contribution in [0.5, 0.6) is 0 Å². The first kappa shape index (κ1) is 12.6. The Morgan fingerprint density at radius 3 is 2.89 bits per heavy atom. The van der Waals surface area contributed by atoms with Crippen LogP contribution in [0, 0.1) is 11.3 Å². The van der Waals surface area contributed by atoms with E-state index in [1.165, 1.54) is 32.1 Å². The quantitative estimate of drug-likeness (QED) is 0.845. The first-order chi connectivity index (χ1) is 9.30. The van der Waals surface area contributed by atoms with Gasteiger partial charge < -0.3 is 5.32 Å². The van der Waals surface area contributed by atoms with Crippen molar-refractivity contribution < 1.29 is 0 Å². The van der Waals surface area contributed by atoms with E-state index in [0.29, 0.717) is 5.56 Å². The first-order valence-electron chi connectivity index (χ1n) is 6.80. The smallest absolute Gasteiger partial charge is 0.161 e. The lowest BCUT2D eigenvalue weighted by atomic mass is 9.84. The number of anilines is 1. The van der Waals surface area contributed by atoms with Gasteiger partial charge in [0.25, 0.3) is 0 Å². The van der Waals surface area contributed by atoms with Crippen LogP contribution in [-0.2, 0) is 0 Å². The second-order valence-corrected chi connectivity index (χ2v) is 6.27. The maximum Gasteiger partial charge on any atom is 0.161 e. The molecule has 1 aromatic rings. The lowest BCUT2D eigenvalue weighted by Crippen LogP contribution is -2.29. The van der Waals surface area contributed by atoms with E-state index in [4.69, 9.17) is 10.3 Å². The summed E-state index contributed by atoms with van der Waals surface area (Å²) in [6, 6.07) is 9.73. The van der Waals surface area contributed by atoms with Gasteiger partial charge in [-0.25, -0.2) is 0 Å². The summed E-state index contributed by atoms with van der Waals surface area (Å²) in [5.41, 5.74) is 1.83. The number of nitrogens with one attached hydrogen (secondary N) is 1. The van der Waals surface area contributed by atoms with Crippen molar-refractivity contribution in [3.05, 3.63) is 29.8 Å². The predicted molar refractivity (Wildman–Crippen MR) is 80.5 cm³/mol. The Balaban J connectivity index is 1.73. The summed E-state index contributed by atoms with van der Waals surface area (Å²) in [4.78, 5) is 4.92. The Morgan fingerprint density at radius 1 is 1.26 bits per heavy atom. The molecule has 98 valence electrons. The molecule has 3 nitrogen and oxygen atoms in total. The van der Waals surface area contributed by atoms with Crippen LogP contribution < -0.4 is 5.32 Å². The van der Waals surface area contributed by atoms with Gasteiger partial charge in [-0.15, -0.1) is 0 Å². The van der Waals surface area contributed by atoms with Gasteiger partial charge in [0.05, 0.1) is 17.2 Å². The molecular weight excluding hydrogens is 254 g/mol. The highest BCUT2D eigenvalue weighted by Gasteiger charge is 2.36. The molecule has 1 spiro atoms. The summed E-state index contributed by atoms with van der Waals surface area (Å²) < 4.78 is 0. The van der Waals surface area contributed by atoms with Crippen LogP contribution in [0.25, 0.3) is 0 Å². The number of amidine groups is 1. The highest BCUT2D eigenvalue weighted by Crippen LogP contribution is 2.39. The fraction of sp³-hybridized carbons (Fsp3) is 0.467. The summed E-state index contributed by atoms with van der Waals surface area (Å²) in [5.74, 6) is 1.10. The topological polar surface area (TPSA) is 48.2 Å². The molecule has 1 fully saturated rings. The minimum Gasteiger partial charge on any atom is -0.335 e. The molecule has 0 aromatic heterocycles. The maximum absolute atomic E-state index is 8.91. The van der Waals surface area contributed by atoms with E-state index in [1.807, 2.05) is 36.0 Å². The second-order valence-electron chi connectivity index (χ2n) is 5.31. The summed E-state index contributed by atoms with van der Waals surface area (Å²) in [6.07, 6.45) is 6.42. The Kier molecular flexibility index (Phi) is 3.48.